The van der Waals surface area contributed by atoms with Gasteiger partial charge in [0.2, 0.25) is 0 Å². The largest absolute Gasteiger partial charge is 0.493 e. The van der Waals surface area contributed by atoms with Crippen LogP contribution in [0.25, 0.3) is 10.2 Å². The van der Waals surface area contributed by atoms with Crippen LogP contribution in [0.3, 0.4) is 0 Å². The van der Waals surface area contributed by atoms with Gasteiger partial charge in [0.25, 0.3) is 11.6 Å². The van der Waals surface area contributed by atoms with Crippen molar-refractivity contribution in [2.45, 2.75) is 0 Å². The summed E-state index contributed by atoms with van der Waals surface area (Å²) in [7, 11) is 1.59. The van der Waals surface area contributed by atoms with E-state index in [0.717, 1.165) is 41.5 Å². The Bertz CT molecular complexity index is 1200. The van der Waals surface area contributed by atoms with E-state index >= 15 is 0 Å². The van der Waals surface area contributed by atoms with Gasteiger partial charge in [-0.3, -0.25) is 19.8 Å². The zero-order valence-electron chi connectivity index (χ0n) is 18.1. The number of fused-ring (bicyclic) bond motifs is 1. The van der Waals surface area contributed by atoms with E-state index in [4.69, 9.17) is 32.9 Å². The molecule has 1 N–H and O–H groups in total. The van der Waals surface area contributed by atoms with Crippen molar-refractivity contribution in [1.29, 1.82) is 0 Å². The lowest BCUT2D eigenvalue weighted by molar-refractivity contribution is -0.384. The van der Waals surface area contributed by atoms with Crippen LogP contribution in [0.5, 0.6) is 5.75 Å². The molecular weight excluding hydrogens is 525 g/mol. The number of halogens is 3. The minimum atomic E-state index is -0.553. The summed E-state index contributed by atoms with van der Waals surface area (Å²) < 4.78 is 6.43. The molecule has 0 saturated carbocycles. The van der Waals surface area contributed by atoms with Gasteiger partial charge in [-0.2, -0.15) is 0 Å². The summed E-state index contributed by atoms with van der Waals surface area (Å²) in [5.74, 6) is 0.166. The molecule has 2 aromatic carbocycles. The predicted octanol–water partition coefficient (Wildman–Crippen LogP) is 4.49. The zero-order chi connectivity index (χ0) is 23.5. The first kappa shape index (κ1) is 26.2. The van der Waals surface area contributed by atoms with Crippen LogP contribution in [0.4, 0.5) is 10.8 Å². The minimum Gasteiger partial charge on any atom is -0.493 e. The first-order valence-corrected chi connectivity index (χ1v) is 11.8. The Labute approximate surface area is 216 Å². The van der Waals surface area contributed by atoms with E-state index in [9.17, 15) is 14.9 Å². The number of rotatable bonds is 7. The zero-order valence-corrected chi connectivity index (χ0v) is 21.3. The molecule has 0 unspecified atom stereocenters. The number of hydrogen-bond acceptors (Lipinski definition) is 8. The Balaban J connectivity index is 0.00000324. The third kappa shape index (κ3) is 5.64. The number of hydrogen-bond donors (Lipinski definition) is 1. The van der Waals surface area contributed by atoms with Gasteiger partial charge in [0.1, 0.15) is 5.52 Å². The van der Waals surface area contributed by atoms with Crippen LogP contribution in [0.2, 0.25) is 10.0 Å². The molecule has 1 aliphatic heterocycles. The van der Waals surface area contributed by atoms with Gasteiger partial charge in [0, 0.05) is 51.4 Å². The summed E-state index contributed by atoms with van der Waals surface area (Å²) in [6, 6.07) is 7.59. The topological polar surface area (TPSA) is 101 Å². The minimum absolute atomic E-state index is 0. The van der Waals surface area contributed by atoms with Crippen molar-refractivity contribution < 1.29 is 14.5 Å². The maximum Gasteiger partial charge on any atom is 0.270 e. The van der Waals surface area contributed by atoms with Gasteiger partial charge in [0.15, 0.2) is 10.9 Å². The Morgan fingerprint density at radius 1 is 1.21 bits per heavy atom. The standard InChI is InChI=1S/C21H21Cl2N5O4S.ClH/c1-32-19-16(23)4-5-17-18(19)25-21(33-17)27-10-8-26(9-11-27)7-6-24-20(29)14-12-13(28(30)31)2-3-15(14)22;/h2-5,12H,6-11H2,1H3,(H,24,29);1H. The fourth-order valence-corrected chi connectivity index (χ4v) is 5.10. The molecule has 9 nitrogen and oxygen atoms in total. The number of carbonyl (C=O) groups is 1. The van der Waals surface area contributed by atoms with Crippen molar-refractivity contribution >= 4 is 73.9 Å². The summed E-state index contributed by atoms with van der Waals surface area (Å²) in [5, 5.41) is 15.4. The molecule has 1 saturated heterocycles. The van der Waals surface area contributed by atoms with Crippen molar-refractivity contribution in [2.75, 3.05) is 51.3 Å². The maximum atomic E-state index is 12.4. The van der Waals surface area contributed by atoms with Crippen molar-refractivity contribution in [3.05, 3.63) is 56.1 Å². The molecule has 0 spiro atoms. The van der Waals surface area contributed by atoms with Gasteiger partial charge in [-0.15, -0.1) is 12.4 Å². The fraction of sp³-hybridized carbons (Fsp3) is 0.333. The van der Waals surface area contributed by atoms with Gasteiger partial charge < -0.3 is 15.0 Å². The molecular formula is C21H22Cl3N5O4S. The Kier molecular flexibility index (Phi) is 8.78. The van der Waals surface area contributed by atoms with Crippen LogP contribution in [-0.4, -0.2) is 67.1 Å². The number of amides is 1. The number of methoxy groups -OCH3 is 1. The van der Waals surface area contributed by atoms with E-state index in [1.165, 1.54) is 18.2 Å². The molecule has 1 fully saturated rings. The number of nitro benzene ring substituents is 1. The molecule has 0 atom stereocenters. The number of nitro groups is 1. The lowest BCUT2D eigenvalue weighted by Gasteiger charge is -2.34. The Morgan fingerprint density at radius 2 is 1.91 bits per heavy atom. The van der Waals surface area contributed by atoms with E-state index in [2.05, 4.69) is 15.1 Å². The number of carbonyl (C=O) groups excluding carboxylic acids is 1. The number of aromatic nitrogens is 1. The van der Waals surface area contributed by atoms with Crippen LogP contribution in [0.15, 0.2) is 30.3 Å². The van der Waals surface area contributed by atoms with Crippen LogP contribution < -0.4 is 15.0 Å². The molecule has 0 bridgehead atoms. The lowest BCUT2D eigenvalue weighted by Crippen LogP contribution is -2.48. The first-order chi connectivity index (χ1) is 15.9. The normalized spacial score (nSPS) is 14.0. The number of piperazine rings is 1. The summed E-state index contributed by atoms with van der Waals surface area (Å²) >= 11 is 13.9. The van der Waals surface area contributed by atoms with Crippen molar-refractivity contribution in [1.82, 2.24) is 15.2 Å². The number of anilines is 1. The molecule has 1 amide bonds. The van der Waals surface area contributed by atoms with Gasteiger partial charge in [0.05, 0.1) is 32.3 Å². The van der Waals surface area contributed by atoms with E-state index < -0.39 is 10.8 Å². The molecule has 0 aliphatic carbocycles. The summed E-state index contributed by atoms with van der Waals surface area (Å²) in [6.07, 6.45) is 0. The van der Waals surface area contributed by atoms with Crippen molar-refractivity contribution in [3.63, 3.8) is 0 Å². The Morgan fingerprint density at radius 3 is 2.59 bits per heavy atom. The highest BCUT2D eigenvalue weighted by molar-refractivity contribution is 7.22. The monoisotopic (exact) mass is 545 g/mol. The molecule has 0 radical (unpaired) electrons. The summed E-state index contributed by atoms with van der Waals surface area (Å²) in [6.45, 7) is 4.33. The first-order valence-electron chi connectivity index (χ1n) is 10.2. The molecule has 182 valence electrons. The number of ether oxygens (including phenoxy) is 1. The number of non-ortho nitro benzene ring substituents is 1. The van der Waals surface area contributed by atoms with E-state index in [1.54, 1.807) is 18.4 Å². The fourth-order valence-electron chi connectivity index (χ4n) is 3.65. The molecule has 34 heavy (non-hydrogen) atoms. The second kappa shape index (κ2) is 11.4. The van der Waals surface area contributed by atoms with Crippen LogP contribution in [0.1, 0.15) is 10.4 Å². The highest BCUT2D eigenvalue weighted by atomic mass is 35.5. The average molecular weight is 547 g/mol. The van der Waals surface area contributed by atoms with Gasteiger partial charge >= 0.3 is 0 Å². The molecule has 1 aromatic heterocycles. The molecule has 2 heterocycles. The van der Waals surface area contributed by atoms with E-state index in [-0.39, 0.29) is 28.7 Å². The molecule has 1 aliphatic rings. The third-order valence-electron chi connectivity index (χ3n) is 5.42. The van der Waals surface area contributed by atoms with Crippen LogP contribution in [0, 0.1) is 10.1 Å². The quantitative estimate of drug-likeness (QED) is 0.344. The average Bonchev–Trinajstić information content (AvgIpc) is 3.24. The van der Waals surface area contributed by atoms with Gasteiger partial charge in [-0.1, -0.05) is 34.5 Å². The summed E-state index contributed by atoms with van der Waals surface area (Å²) in [4.78, 5) is 32.0. The van der Waals surface area contributed by atoms with E-state index in [1.807, 2.05) is 12.1 Å². The highest BCUT2D eigenvalue weighted by Gasteiger charge is 2.22. The molecule has 4 rings (SSSR count). The summed E-state index contributed by atoms with van der Waals surface area (Å²) in [5.41, 5.74) is 0.701. The van der Waals surface area contributed by atoms with Crippen LogP contribution in [-0.2, 0) is 0 Å². The van der Waals surface area contributed by atoms with E-state index in [0.29, 0.717) is 23.9 Å². The van der Waals surface area contributed by atoms with Gasteiger partial charge in [-0.05, 0) is 18.2 Å². The predicted molar refractivity (Wildman–Crippen MR) is 138 cm³/mol. The second-order valence-corrected chi connectivity index (χ2v) is 9.25. The number of thiazole rings is 1. The highest BCUT2D eigenvalue weighted by Crippen LogP contribution is 2.38. The number of nitrogens with one attached hydrogen (secondary N) is 1. The maximum absolute atomic E-state index is 12.4. The smallest absolute Gasteiger partial charge is 0.270 e. The van der Waals surface area contributed by atoms with Crippen molar-refractivity contribution in [2.24, 2.45) is 0 Å². The SMILES string of the molecule is COc1c(Cl)ccc2sc(N3CCN(CCNC(=O)c4cc([N+](=O)[O-])ccc4Cl)CC3)nc12.Cl. The Hall–Kier alpha value is -2.37. The molecule has 3 aromatic rings. The van der Waals surface area contributed by atoms with Crippen LogP contribution >= 0.6 is 46.9 Å². The third-order valence-corrected chi connectivity index (χ3v) is 7.13. The lowest BCUT2D eigenvalue weighted by atomic mass is 10.2. The molecule has 13 heteroatoms. The number of benzene rings is 2. The second-order valence-electron chi connectivity index (χ2n) is 7.43. The number of nitrogens with zero attached hydrogens (tertiary/aromatic N) is 4. The van der Waals surface area contributed by atoms with Crippen molar-refractivity contribution in [3.8, 4) is 5.75 Å². The van der Waals surface area contributed by atoms with Gasteiger partial charge in [-0.25, -0.2) is 4.98 Å².